The Balaban J connectivity index is 1.87. The topological polar surface area (TPSA) is 61.8 Å². The van der Waals surface area contributed by atoms with Crippen LogP contribution in [0.1, 0.15) is 31.7 Å². The number of nitrogens with zero attached hydrogens (tertiary/aromatic N) is 1. The Morgan fingerprint density at radius 2 is 2.12 bits per heavy atom. The number of likely N-dealkylation sites (tertiary alicyclic amines) is 1. The van der Waals surface area contributed by atoms with E-state index in [0.717, 1.165) is 30.6 Å². The third kappa shape index (κ3) is 4.51. The number of para-hydroxylation sites is 1. The Labute approximate surface area is 144 Å². The Morgan fingerprint density at radius 3 is 2.75 bits per heavy atom. The van der Waals surface area contributed by atoms with Crippen molar-refractivity contribution in [1.29, 1.82) is 0 Å². The highest BCUT2D eigenvalue weighted by Crippen LogP contribution is 2.34. The van der Waals surface area contributed by atoms with Gasteiger partial charge >= 0.3 is 6.03 Å². The Bertz CT molecular complexity index is 545. The molecule has 0 radical (unpaired) electrons. The van der Waals surface area contributed by atoms with E-state index < -0.39 is 0 Å². The lowest BCUT2D eigenvalue weighted by Crippen LogP contribution is -2.48. The number of urea groups is 1. The van der Waals surface area contributed by atoms with Gasteiger partial charge in [0.1, 0.15) is 12.4 Å². The summed E-state index contributed by atoms with van der Waals surface area (Å²) in [6.45, 7) is 8.20. The van der Waals surface area contributed by atoms with Crippen LogP contribution in [0.25, 0.3) is 0 Å². The molecule has 0 spiro atoms. The molecule has 0 aromatic heterocycles. The summed E-state index contributed by atoms with van der Waals surface area (Å²) in [5.41, 5.74) is 0.935. The molecule has 1 aromatic carbocycles. The van der Waals surface area contributed by atoms with Crippen LogP contribution in [0.2, 0.25) is 0 Å². The lowest BCUT2D eigenvalue weighted by molar-refractivity contribution is 0.0519. The van der Waals surface area contributed by atoms with Crippen molar-refractivity contribution in [2.24, 2.45) is 5.41 Å². The lowest BCUT2D eigenvalue weighted by atomic mass is 9.77. The van der Waals surface area contributed by atoms with E-state index in [1.807, 2.05) is 29.2 Å². The number of nitrogens with one attached hydrogen (secondary N) is 1. The van der Waals surface area contributed by atoms with Crippen LogP contribution in [0.5, 0.6) is 5.75 Å². The van der Waals surface area contributed by atoms with Crippen molar-refractivity contribution in [1.82, 2.24) is 10.2 Å². The van der Waals surface area contributed by atoms with E-state index in [9.17, 15) is 9.90 Å². The minimum atomic E-state index is -0.0591. The number of amides is 2. The average Bonchev–Trinajstić information content (AvgIpc) is 2.65. The number of carbonyl (C=O) groups is 1. The lowest BCUT2D eigenvalue weighted by Gasteiger charge is -2.40. The van der Waals surface area contributed by atoms with E-state index in [1.165, 1.54) is 0 Å². The van der Waals surface area contributed by atoms with E-state index in [0.29, 0.717) is 26.2 Å². The highest BCUT2D eigenvalue weighted by Gasteiger charge is 2.33. The summed E-state index contributed by atoms with van der Waals surface area (Å²) >= 11 is 0. The highest BCUT2D eigenvalue weighted by atomic mass is 16.5. The molecule has 1 aromatic rings. The first-order valence-electron chi connectivity index (χ1n) is 8.59. The van der Waals surface area contributed by atoms with Crippen LogP contribution in [-0.4, -0.2) is 42.3 Å². The fourth-order valence-electron chi connectivity index (χ4n) is 3.03. The van der Waals surface area contributed by atoms with Crippen LogP contribution in [0.4, 0.5) is 4.79 Å². The predicted molar refractivity (Wildman–Crippen MR) is 95.0 cm³/mol. The number of hydrogen-bond acceptors (Lipinski definition) is 3. The molecule has 0 atom stereocenters. The van der Waals surface area contributed by atoms with Crippen LogP contribution < -0.4 is 10.1 Å². The second kappa shape index (κ2) is 8.73. The maximum atomic E-state index is 12.4. The van der Waals surface area contributed by atoms with Crippen molar-refractivity contribution < 1.29 is 14.6 Å². The standard InChI is InChI=1S/C19H28N2O3/c1-3-13-24-17-8-6-5-7-16(17)14-20-18(23)21-11-9-19(4-2,15-22)10-12-21/h3,5-8,22H,1,4,9-15H2,2H3,(H,20,23). The van der Waals surface area contributed by atoms with Gasteiger partial charge in [-0.1, -0.05) is 37.8 Å². The summed E-state index contributed by atoms with van der Waals surface area (Å²) in [7, 11) is 0. The number of piperidine rings is 1. The van der Waals surface area contributed by atoms with Crippen LogP contribution in [0, 0.1) is 5.41 Å². The molecule has 0 unspecified atom stereocenters. The first-order valence-corrected chi connectivity index (χ1v) is 8.59. The van der Waals surface area contributed by atoms with Gasteiger partial charge < -0.3 is 20.1 Å². The number of aliphatic hydroxyl groups is 1. The molecular weight excluding hydrogens is 304 g/mol. The van der Waals surface area contributed by atoms with E-state index in [1.54, 1.807) is 6.08 Å². The van der Waals surface area contributed by atoms with Crippen molar-refractivity contribution in [2.75, 3.05) is 26.3 Å². The summed E-state index contributed by atoms with van der Waals surface area (Å²) in [4.78, 5) is 14.2. The van der Waals surface area contributed by atoms with Gasteiger partial charge in [-0.3, -0.25) is 0 Å². The zero-order valence-corrected chi connectivity index (χ0v) is 14.5. The molecule has 0 bridgehead atoms. The zero-order chi connectivity index (χ0) is 17.4. The third-order valence-electron chi connectivity index (χ3n) is 4.96. The molecule has 0 aliphatic carbocycles. The largest absolute Gasteiger partial charge is 0.489 e. The van der Waals surface area contributed by atoms with Gasteiger partial charge in [0, 0.05) is 31.8 Å². The first kappa shape index (κ1) is 18.3. The molecule has 1 heterocycles. The van der Waals surface area contributed by atoms with Crippen molar-refractivity contribution in [3.8, 4) is 5.75 Å². The Morgan fingerprint density at radius 1 is 1.42 bits per heavy atom. The number of ether oxygens (including phenoxy) is 1. The fourth-order valence-corrected chi connectivity index (χ4v) is 3.03. The van der Waals surface area contributed by atoms with Gasteiger partial charge in [0.05, 0.1) is 0 Å². The monoisotopic (exact) mass is 332 g/mol. The van der Waals surface area contributed by atoms with Crippen molar-refractivity contribution in [2.45, 2.75) is 32.7 Å². The van der Waals surface area contributed by atoms with E-state index >= 15 is 0 Å². The molecule has 1 fully saturated rings. The summed E-state index contributed by atoms with van der Waals surface area (Å²) < 4.78 is 5.61. The molecule has 24 heavy (non-hydrogen) atoms. The molecular formula is C19H28N2O3. The van der Waals surface area contributed by atoms with Gasteiger partial charge in [-0.25, -0.2) is 4.79 Å². The molecule has 0 saturated carbocycles. The summed E-state index contributed by atoms with van der Waals surface area (Å²) in [5.74, 6) is 0.765. The number of aliphatic hydroxyl groups excluding tert-OH is 1. The smallest absolute Gasteiger partial charge is 0.317 e. The number of carbonyl (C=O) groups excluding carboxylic acids is 1. The van der Waals surface area contributed by atoms with Crippen LogP contribution in [0.3, 0.4) is 0 Å². The minimum absolute atomic E-state index is 0.0120. The molecule has 2 rings (SSSR count). The molecule has 2 amide bonds. The number of hydrogen-bond donors (Lipinski definition) is 2. The maximum absolute atomic E-state index is 12.4. The Kier molecular flexibility index (Phi) is 6.67. The number of rotatable bonds is 7. The normalized spacial score (nSPS) is 16.5. The molecule has 1 aliphatic heterocycles. The van der Waals surface area contributed by atoms with Gasteiger partial charge in [-0.05, 0) is 30.7 Å². The second-order valence-electron chi connectivity index (χ2n) is 6.36. The van der Waals surface area contributed by atoms with Gasteiger partial charge in [0.2, 0.25) is 0 Å². The Hall–Kier alpha value is -2.01. The van der Waals surface area contributed by atoms with E-state index in [4.69, 9.17) is 4.74 Å². The first-order chi connectivity index (χ1) is 11.6. The zero-order valence-electron chi connectivity index (χ0n) is 14.5. The quantitative estimate of drug-likeness (QED) is 0.755. The van der Waals surface area contributed by atoms with Gasteiger partial charge in [0.25, 0.3) is 0 Å². The summed E-state index contributed by atoms with van der Waals surface area (Å²) in [6.07, 6.45) is 4.36. The van der Waals surface area contributed by atoms with Crippen LogP contribution >= 0.6 is 0 Å². The average molecular weight is 332 g/mol. The van der Waals surface area contributed by atoms with Crippen molar-refractivity contribution in [3.05, 3.63) is 42.5 Å². The molecule has 5 nitrogen and oxygen atoms in total. The fraction of sp³-hybridized carbons (Fsp3) is 0.526. The summed E-state index contributed by atoms with van der Waals surface area (Å²) in [6, 6.07) is 7.62. The molecule has 132 valence electrons. The van der Waals surface area contributed by atoms with E-state index in [-0.39, 0.29) is 18.1 Å². The molecule has 2 N–H and O–H groups in total. The molecule has 1 saturated heterocycles. The van der Waals surface area contributed by atoms with Crippen molar-refractivity contribution in [3.63, 3.8) is 0 Å². The third-order valence-corrected chi connectivity index (χ3v) is 4.96. The van der Waals surface area contributed by atoms with Crippen LogP contribution in [0.15, 0.2) is 36.9 Å². The molecule has 1 aliphatic rings. The summed E-state index contributed by atoms with van der Waals surface area (Å²) in [5, 5.41) is 12.5. The van der Waals surface area contributed by atoms with E-state index in [2.05, 4.69) is 18.8 Å². The van der Waals surface area contributed by atoms with Crippen LogP contribution in [-0.2, 0) is 6.54 Å². The highest BCUT2D eigenvalue weighted by molar-refractivity contribution is 5.74. The number of benzene rings is 1. The molecule has 5 heteroatoms. The van der Waals surface area contributed by atoms with Gasteiger partial charge in [0.15, 0.2) is 0 Å². The maximum Gasteiger partial charge on any atom is 0.317 e. The van der Waals surface area contributed by atoms with Crippen molar-refractivity contribution >= 4 is 6.03 Å². The predicted octanol–water partition coefficient (Wildman–Crippen LogP) is 2.95. The second-order valence-corrected chi connectivity index (χ2v) is 6.36. The van der Waals surface area contributed by atoms with Gasteiger partial charge in [-0.2, -0.15) is 0 Å². The SMILES string of the molecule is C=CCOc1ccccc1CNC(=O)N1CCC(CC)(CO)CC1. The minimum Gasteiger partial charge on any atom is -0.489 e. The van der Waals surface area contributed by atoms with Gasteiger partial charge in [-0.15, -0.1) is 0 Å².